The zero-order valence-corrected chi connectivity index (χ0v) is 12.3. The van der Waals surface area contributed by atoms with Gasteiger partial charge in [0.2, 0.25) is 0 Å². The number of hydrogen-bond donors (Lipinski definition) is 1. The van der Waals surface area contributed by atoms with Crippen LogP contribution in [0.15, 0.2) is 60.7 Å². The maximum Gasteiger partial charge on any atom is 0.0470 e. The van der Waals surface area contributed by atoms with Gasteiger partial charge < -0.3 is 4.98 Å². The first-order chi connectivity index (χ1) is 10.2. The highest BCUT2D eigenvalue weighted by Crippen LogP contribution is 2.32. The highest BCUT2D eigenvalue weighted by molar-refractivity contribution is 6.10. The van der Waals surface area contributed by atoms with Crippen LogP contribution in [0.3, 0.4) is 0 Å². The molecule has 1 N–H and O–H groups in total. The largest absolute Gasteiger partial charge is 0.354 e. The van der Waals surface area contributed by atoms with Gasteiger partial charge in [-0.2, -0.15) is 0 Å². The Bertz CT molecular complexity index is 946. The van der Waals surface area contributed by atoms with Crippen LogP contribution >= 0.6 is 0 Å². The number of aromatic nitrogens is 1. The molecule has 102 valence electrons. The molecule has 0 saturated carbocycles. The van der Waals surface area contributed by atoms with Crippen molar-refractivity contribution < 1.29 is 0 Å². The minimum absolute atomic E-state index is 1.21. The fourth-order valence-electron chi connectivity index (χ4n) is 3.24. The summed E-state index contributed by atoms with van der Waals surface area (Å²) in [6, 6.07) is 21.7. The molecule has 1 aromatic heterocycles. The van der Waals surface area contributed by atoms with Gasteiger partial charge in [0, 0.05) is 21.8 Å². The van der Waals surface area contributed by atoms with Crippen molar-refractivity contribution in [2.45, 2.75) is 13.8 Å². The lowest BCUT2D eigenvalue weighted by Gasteiger charge is -2.03. The van der Waals surface area contributed by atoms with Crippen LogP contribution in [0.2, 0.25) is 0 Å². The third-order valence-electron chi connectivity index (χ3n) is 4.15. The Hall–Kier alpha value is -2.54. The van der Waals surface area contributed by atoms with E-state index < -0.39 is 0 Å². The van der Waals surface area contributed by atoms with E-state index in [1.807, 2.05) is 0 Å². The normalized spacial score (nSPS) is 11.3. The number of fused-ring (bicyclic) bond motifs is 3. The third-order valence-corrected chi connectivity index (χ3v) is 4.15. The average Bonchev–Trinajstić information content (AvgIpc) is 2.85. The first-order valence-electron chi connectivity index (χ1n) is 7.30. The fourth-order valence-corrected chi connectivity index (χ4v) is 3.24. The maximum absolute atomic E-state index is 3.54. The van der Waals surface area contributed by atoms with Crippen LogP contribution in [0, 0.1) is 13.8 Å². The van der Waals surface area contributed by atoms with Crippen LogP contribution < -0.4 is 0 Å². The number of H-pyrrole nitrogens is 1. The summed E-state index contributed by atoms with van der Waals surface area (Å²) in [5.41, 5.74) is 7.60. The van der Waals surface area contributed by atoms with Crippen LogP contribution in [-0.4, -0.2) is 4.98 Å². The quantitative estimate of drug-likeness (QED) is 0.463. The molecule has 4 aromatic rings. The number of rotatable bonds is 1. The summed E-state index contributed by atoms with van der Waals surface area (Å²) >= 11 is 0. The Balaban J connectivity index is 2.05. The van der Waals surface area contributed by atoms with Crippen molar-refractivity contribution in [3.63, 3.8) is 0 Å². The molecule has 0 aliphatic heterocycles. The van der Waals surface area contributed by atoms with Crippen molar-refractivity contribution in [2.24, 2.45) is 0 Å². The zero-order valence-electron chi connectivity index (χ0n) is 12.3. The molecule has 1 heteroatoms. The summed E-state index contributed by atoms with van der Waals surface area (Å²) < 4.78 is 0. The Morgan fingerprint density at radius 2 is 1.52 bits per heavy atom. The number of hydrogen-bond acceptors (Lipinski definition) is 0. The van der Waals surface area contributed by atoms with Gasteiger partial charge in [-0.15, -0.1) is 0 Å². The maximum atomic E-state index is 3.54. The van der Waals surface area contributed by atoms with Gasteiger partial charge in [0.1, 0.15) is 0 Å². The van der Waals surface area contributed by atoms with Crippen LogP contribution in [0.4, 0.5) is 0 Å². The van der Waals surface area contributed by atoms with E-state index in [9.17, 15) is 0 Å². The van der Waals surface area contributed by atoms with Gasteiger partial charge in [0.25, 0.3) is 0 Å². The van der Waals surface area contributed by atoms with E-state index in [4.69, 9.17) is 0 Å². The summed E-state index contributed by atoms with van der Waals surface area (Å²) in [4.78, 5) is 3.54. The van der Waals surface area contributed by atoms with Crippen LogP contribution in [0.1, 0.15) is 11.1 Å². The second kappa shape index (κ2) is 4.49. The molecule has 0 radical (unpaired) electrons. The molecule has 3 aromatic carbocycles. The van der Waals surface area contributed by atoms with Crippen LogP contribution in [0.5, 0.6) is 0 Å². The van der Waals surface area contributed by atoms with E-state index in [0.29, 0.717) is 0 Å². The van der Waals surface area contributed by atoms with Crippen molar-refractivity contribution in [3.05, 3.63) is 71.8 Å². The van der Waals surface area contributed by atoms with Crippen LogP contribution in [-0.2, 0) is 0 Å². The number of benzene rings is 3. The Morgan fingerprint density at radius 1 is 0.714 bits per heavy atom. The molecule has 0 fully saturated rings. The molecule has 4 rings (SSSR count). The average molecular weight is 271 g/mol. The molecule has 0 bridgehead atoms. The van der Waals surface area contributed by atoms with E-state index in [1.54, 1.807) is 0 Å². The number of nitrogens with one attached hydrogen (secondary N) is 1. The van der Waals surface area contributed by atoms with Crippen LogP contribution in [0.25, 0.3) is 32.9 Å². The smallest absolute Gasteiger partial charge is 0.0470 e. The van der Waals surface area contributed by atoms with E-state index >= 15 is 0 Å². The lowest BCUT2D eigenvalue weighted by molar-refractivity contribution is 1.42. The van der Waals surface area contributed by atoms with Crippen molar-refractivity contribution in [3.8, 4) is 11.1 Å². The van der Waals surface area contributed by atoms with Gasteiger partial charge in [-0.3, -0.25) is 0 Å². The fraction of sp³-hybridized carbons (Fsp3) is 0.100. The van der Waals surface area contributed by atoms with Crippen molar-refractivity contribution in [2.75, 3.05) is 0 Å². The van der Waals surface area contributed by atoms with E-state index in [-0.39, 0.29) is 0 Å². The van der Waals surface area contributed by atoms with Gasteiger partial charge in [-0.05, 0) is 54.3 Å². The molecule has 0 saturated heterocycles. The van der Waals surface area contributed by atoms with Crippen molar-refractivity contribution >= 4 is 21.8 Å². The van der Waals surface area contributed by atoms with Gasteiger partial charge in [-0.25, -0.2) is 0 Å². The van der Waals surface area contributed by atoms with Gasteiger partial charge >= 0.3 is 0 Å². The summed E-state index contributed by atoms with van der Waals surface area (Å²) in [5.74, 6) is 0. The SMILES string of the molecule is Cc1cc(C)c2c(c1)[nH]c1ccc(-c3ccccc3)cc12. The topological polar surface area (TPSA) is 15.8 Å². The molecule has 0 amide bonds. The first kappa shape index (κ1) is 12.2. The number of aromatic amines is 1. The highest BCUT2D eigenvalue weighted by atomic mass is 14.7. The van der Waals surface area contributed by atoms with Gasteiger partial charge in [0.15, 0.2) is 0 Å². The molecule has 0 aliphatic carbocycles. The Labute approximate surface area is 124 Å². The summed E-state index contributed by atoms with van der Waals surface area (Å²) in [5, 5.41) is 2.65. The minimum Gasteiger partial charge on any atom is -0.354 e. The molecular formula is C20H17N. The highest BCUT2D eigenvalue weighted by Gasteiger charge is 2.08. The van der Waals surface area contributed by atoms with Crippen molar-refractivity contribution in [1.29, 1.82) is 0 Å². The molecule has 1 heterocycles. The Kier molecular flexibility index (Phi) is 2.61. The minimum atomic E-state index is 1.21. The molecule has 0 atom stereocenters. The lowest BCUT2D eigenvalue weighted by Crippen LogP contribution is -1.79. The summed E-state index contributed by atoms with van der Waals surface area (Å²) in [6.45, 7) is 4.34. The first-order valence-corrected chi connectivity index (χ1v) is 7.30. The summed E-state index contributed by atoms with van der Waals surface area (Å²) in [7, 11) is 0. The van der Waals surface area contributed by atoms with Crippen molar-refractivity contribution in [1.82, 2.24) is 4.98 Å². The third kappa shape index (κ3) is 1.93. The second-order valence-electron chi connectivity index (χ2n) is 5.76. The van der Waals surface area contributed by atoms with E-state index in [2.05, 4.69) is 79.5 Å². The molecule has 0 spiro atoms. The molecule has 0 unspecified atom stereocenters. The Morgan fingerprint density at radius 3 is 2.33 bits per heavy atom. The zero-order chi connectivity index (χ0) is 14.4. The summed E-state index contributed by atoms with van der Waals surface area (Å²) in [6.07, 6.45) is 0. The second-order valence-corrected chi connectivity index (χ2v) is 5.76. The van der Waals surface area contributed by atoms with Gasteiger partial charge in [-0.1, -0.05) is 42.5 Å². The lowest BCUT2D eigenvalue weighted by atomic mass is 10.0. The van der Waals surface area contributed by atoms with E-state index in [1.165, 1.54) is 44.1 Å². The predicted molar refractivity (Wildman–Crippen MR) is 90.7 cm³/mol. The van der Waals surface area contributed by atoms with Gasteiger partial charge in [0.05, 0.1) is 0 Å². The molecule has 21 heavy (non-hydrogen) atoms. The predicted octanol–water partition coefficient (Wildman–Crippen LogP) is 5.60. The standard InChI is InChI=1S/C20H17N/c1-13-10-14(2)20-17-12-16(15-6-4-3-5-7-15)8-9-18(17)21-19(20)11-13/h3-12,21H,1-2H3. The molecule has 1 nitrogen and oxygen atoms in total. The molecular weight excluding hydrogens is 254 g/mol. The number of aryl methyl sites for hydroxylation is 2. The monoisotopic (exact) mass is 271 g/mol. The van der Waals surface area contributed by atoms with E-state index in [0.717, 1.165) is 0 Å². The molecule has 0 aliphatic rings.